The Morgan fingerprint density at radius 1 is 1.20 bits per heavy atom. The lowest BCUT2D eigenvalue weighted by molar-refractivity contribution is 0.642. The van der Waals surface area contributed by atoms with Gasteiger partial charge >= 0.3 is 0 Å². The van der Waals surface area contributed by atoms with Gasteiger partial charge in [0.15, 0.2) is 5.65 Å². The summed E-state index contributed by atoms with van der Waals surface area (Å²) in [6, 6.07) is 13.2. The summed E-state index contributed by atoms with van der Waals surface area (Å²) in [6.45, 7) is 1.57. The zero-order chi connectivity index (χ0) is 17.1. The summed E-state index contributed by atoms with van der Waals surface area (Å²) in [4.78, 5) is 11.4. The van der Waals surface area contributed by atoms with Gasteiger partial charge in [-0.2, -0.15) is 10.4 Å². The van der Waals surface area contributed by atoms with E-state index in [2.05, 4.69) is 56.4 Å². The number of rotatable bonds is 5. The van der Waals surface area contributed by atoms with Gasteiger partial charge in [-0.15, -0.1) is 0 Å². The molecule has 1 unspecified atom stereocenters. The van der Waals surface area contributed by atoms with Crippen molar-refractivity contribution < 1.29 is 0 Å². The lowest BCUT2D eigenvalue weighted by Gasteiger charge is -2.26. The fourth-order valence-corrected chi connectivity index (χ4v) is 3.64. The van der Waals surface area contributed by atoms with Crippen LogP contribution in [0, 0.1) is 11.3 Å². The monoisotopic (exact) mass is 332 g/mol. The van der Waals surface area contributed by atoms with Crippen LogP contribution in [-0.4, -0.2) is 32.3 Å². The summed E-state index contributed by atoms with van der Waals surface area (Å²) in [5, 5.41) is 14.2. The normalized spacial score (nSPS) is 17.1. The summed E-state index contributed by atoms with van der Waals surface area (Å²) in [5.41, 5.74) is 2.17. The molecule has 126 valence electrons. The fraction of sp³-hybridized carbons (Fsp3) is 0.368. The maximum Gasteiger partial charge on any atom is 0.163 e. The topological polar surface area (TPSA) is 70.6 Å². The Morgan fingerprint density at radius 3 is 2.92 bits per heavy atom. The van der Waals surface area contributed by atoms with Gasteiger partial charge in [0.1, 0.15) is 12.1 Å². The van der Waals surface area contributed by atoms with Gasteiger partial charge in [-0.25, -0.2) is 14.6 Å². The number of aromatic nitrogens is 4. The quantitative estimate of drug-likeness (QED) is 0.718. The molecule has 3 heterocycles. The van der Waals surface area contributed by atoms with Crippen molar-refractivity contribution in [3.8, 4) is 6.07 Å². The fourth-order valence-electron chi connectivity index (χ4n) is 3.64. The Bertz CT molecular complexity index is 895. The largest absolute Gasteiger partial charge is 0.353 e. The molecule has 6 nitrogen and oxygen atoms in total. The highest BCUT2D eigenvalue weighted by Crippen LogP contribution is 2.30. The summed E-state index contributed by atoms with van der Waals surface area (Å²) in [6.07, 6.45) is 7.24. The molecule has 0 amide bonds. The highest BCUT2D eigenvalue weighted by molar-refractivity contribution is 5.87. The van der Waals surface area contributed by atoms with Crippen LogP contribution in [0.4, 0.5) is 5.82 Å². The van der Waals surface area contributed by atoms with E-state index in [0.29, 0.717) is 19.0 Å². The number of hydrogen-bond acceptors (Lipinski definition) is 5. The van der Waals surface area contributed by atoms with E-state index in [1.54, 1.807) is 11.0 Å². The molecule has 0 N–H and O–H groups in total. The van der Waals surface area contributed by atoms with Gasteiger partial charge in [-0.1, -0.05) is 30.3 Å². The van der Waals surface area contributed by atoms with E-state index in [1.165, 1.54) is 18.4 Å². The van der Waals surface area contributed by atoms with Crippen molar-refractivity contribution in [2.24, 2.45) is 0 Å². The molecule has 1 aliphatic rings. The summed E-state index contributed by atoms with van der Waals surface area (Å²) >= 11 is 0. The van der Waals surface area contributed by atoms with E-state index in [1.807, 2.05) is 6.20 Å². The molecule has 0 bridgehead atoms. The number of nitriles is 1. The first-order valence-corrected chi connectivity index (χ1v) is 8.71. The number of benzene rings is 1. The Labute approximate surface area is 146 Å². The molecule has 3 aromatic rings. The number of fused-ring (bicyclic) bond motifs is 1. The first kappa shape index (κ1) is 15.6. The van der Waals surface area contributed by atoms with Gasteiger partial charge in [0.05, 0.1) is 30.6 Å². The van der Waals surface area contributed by atoms with Crippen LogP contribution in [0.5, 0.6) is 0 Å². The molecule has 0 aliphatic carbocycles. The average Bonchev–Trinajstić information content (AvgIpc) is 3.27. The minimum Gasteiger partial charge on any atom is -0.353 e. The van der Waals surface area contributed by atoms with E-state index in [-0.39, 0.29) is 0 Å². The molecule has 0 spiro atoms. The Hall–Kier alpha value is -2.94. The van der Waals surface area contributed by atoms with Crippen molar-refractivity contribution in [1.82, 2.24) is 19.7 Å². The van der Waals surface area contributed by atoms with Crippen molar-refractivity contribution in [2.75, 3.05) is 11.4 Å². The van der Waals surface area contributed by atoms with E-state index >= 15 is 0 Å². The molecule has 1 atom stereocenters. The first-order valence-electron chi connectivity index (χ1n) is 8.71. The standard InChI is InChI=1S/C19H20N6/c20-9-5-11-25-19-17(13-23-25)18(21-14-22-19)24-10-4-8-16(24)12-15-6-2-1-3-7-15/h1-3,6-7,13-14,16H,4-5,8,10-12H2. The first-order chi connectivity index (χ1) is 12.4. The lowest BCUT2D eigenvalue weighted by atomic mass is 10.0. The third-order valence-corrected chi connectivity index (χ3v) is 4.81. The summed E-state index contributed by atoms with van der Waals surface area (Å²) in [5.74, 6) is 0.964. The zero-order valence-electron chi connectivity index (χ0n) is 14.0. The van der Waals surface area contributed by atoms with Crippen LogP contribution < -0.4 is 4.90 Å². The Morgan fingerprint density at radius 2 is 2.08 bits per heavy atom. The van der Waals surface area contributed by atoms with Crippen LogP contribution in [-0.2, 0) is 13.0 Å². The Balaban J connectivity index is 1.64. The summed E-state index contributed by atoms with van der Waals surface area (Å²) in [7, 11) is 0. The smallest absolute Gasteiger partial charge is 0.163 e. The van der Waals surface area contributed by atoms with Crippen molar-refractivity contribution in [3.63, 3.8) is 0 Å². The maximum atomic E-state index is 8.81. The second-order valence-electron chi connectivity index (χ2n) is 6.39. The molecule has 1 saturated heterocycles. The van der Waals surface area contributed by atoms with Crippen LogP contribution in [0.25, 0.3) is 11.0 Å². The molecule has 1 aromatic carbocycles. The molecule has 1 fully saturated rings. The number of hydrogen-bond donors (Lipinski definition) is 0. The zero-order valence-corrected chi connectivity index (χ0v) is 14.0. The molecule has 1 aliphatic heterocycles. The minimum absolute atomic E-state index is 0.427. The molecular formula is C19H20N6. The molecule has 0 radical (unpaired) electrons. The predicted octanol–water partition coefficient (Wildman–Crippen LogP) is 2.95. The van der Waals surface area contributed by atoms with Crippen LogP contribution in [0.1, 0.15) is 24.8 Å². The van der Waals surface area contributed by atoms with Crippen LogP contribution in [0.2, 0.25) is 0 Å². The van der Waals surface area contributed by atoms with E-state index in [0.717, 1.165) is 29.8 Å². The molecule has 4 rings (SSSR count). The highest BCUT2D eigenvalue weighted by Gasteiger charge is 2.28. The molecular weight excluding hydrogens is 312 g/mol. The third-order valence-electron chi connectivity index (χ3n) is 4.81. The van der Waals surface area contributed by atoms with Crippen LogP contribution >= 0.6 is 0 Å². The van der Waals surface area contributed by atoms with E-state index in [9.17, 15) is 0 Å². The van der Waals surface area contributed by atoms with Gasteiger partial charge in [0.25, 0.3) is 0 Å². The van der Waals surface area contributed by atoms with Crippen LogP contribution in [0.15, 0.2) is 42.9 Å². The average molecular weight is 332 g/mol. The van der Waals surface area contributed by atoms with Crippen molar-refractivity contribution in [3.05, 3.63) is 48.4 Å². The van der Waals surface area contributed by atoms with E-state index < -0.39 is 0 Å². The predicted molar refractivity (Wildman–Crippen MR) is 96.1 cm³/mol. The van der Waals surface area contributed by atoms with Gasteiger partial charge in [0, 0.05) is 12.6 Å². The van der Waals surface area contributed by atoms with Gasteiger partial charge < -0.3 is 4.90 Å². The molecule has 0 saturated carbocycles. The lowest BCUT2D eigenvalue weighted by Crippen LogP contribution is -2.31. The summed E-state index contributed by atoms with van der Waals surface area (Å²) < 4.78 is 1.80. The Kier molecular flexibility index (Phi) is 4.30. The highest BCUT2D eigenvalue weighted by atomic mass is 15.3. The van der Waals surface area contributed by atoms with Gasteiger partial charge in [0.2, 0.25) is 0 Å². The molecule has 25 heavy (non-hydrogen) atoms. The number of nitrogens with zero attached hydrogens (tertiary/aromatic N) is 6. The van der Waals surface area contributed by atoms with Gasteiger partial charge in [-0.05, 0) is 24.8 Å². The second kappa shape index (κ2) is 6.89. The van der Waals surface area contributed by atoms with E-state index in [4.69, 9.17) is 5.26 Å². The van der Waals surface area contributed by atoms with Crippen molar-refractivity contribution in [2.45, 2.75) is 38.3 Å². The third kappa shape index (κ3) is 3.05. The van der Waals surface area contributed by atoms with Crippen LogP contribution in [0.3, 0.4) is 0 Å². The SMILES string of the molecule is N#CCCn1ncc2c(N3CCCC3Cc3ccccc3)ncnc21. The van der Waals surface area contributed by atoms with Gasteiger partial charge in [-0.3, -0.25) is 0 Å². The second-order valence-corrected chi connectivity index (χ2v) is 6.39. The molecule has 2 aromatic heterocycles. The minimum atomic E-state index is 0.427. The molecule has 6 heteroatoms. The van der Waals surface area contributed by atoms with Crippen molar-refractivity contribution in [1.29, 1.82) is 5.26 Å². The number of aryl methyl sites for hydroxylation is 1. The van der Waals surface area contributed by atoms with Crippen molar-refractivity contribution >= 4 is 16.9 Å². The maximum absolute atomic E-state index is 8.81. The number of anilines is 1.